The van der Waals surface area contributed by atoms with Gasteiger partial charge in [-0.05, 0) is 48.4 Å². The van der Waals surface area contributed by atoms with E-state index in [9.17, 15) is 4.79 Å². The molecule has 1 aliphatic heterocycles. The molecule has 1 amide bonds. The van der Waals surface area contributed by atoms with Crippen molar-refractivity contribution in [2.24, 2.45) is 4.99 Å². The lowest BCUT2D eigenvalue weighted by Gasteiger charge is -2.19. The Labute approximate surface area is 179 Å². The molecule has 4 rings (SSSR count). The van der Waals surface area contributed by atoms with Gasteiger partial charge in [-0.25, -0.2) is 0 Å². The van der Waals surface area contributed by atoms with E-state index in [0.717, 1.165) is 22.4 Å². The zero-order valence-electron chi connectivity index (χ0n) is 15.7. The first-order valence-electron chi connectivity index (χ1n) is 9.13. The van der Waals surface area contributed by atoms with E-state index in [1.54, 1.807) is 18.2 Å². The average molecular weight is 425 g/mol. The molecule has 0 N–H and O–H groups in total. The number of fused-ring (bicyclic) bond motifs is 1. The summed E-state index contributed by atoms with van der Waals surface area (Å²) in [7, 11) is 0. The van der Waals surface area contributed by atoms with Crippen molar-refractivity contribution in [3.63, 3.8) is 0 Å². The Morgan fingerprint density at radius 3 is 2.69 bits per heavy atom. The number of amides is 1. The number of hydrogen-bond acceptors (Lipinski definition) is 2. The number of hydrogen-bond donors (Lipinski definition) is 0. The fourth-order valence-electron chi connectivity index (χ4n) is 3.28. The van der Waals surface area contributed by atoms with Crippen LogP contribution in [0.2, 0.25) is 10.0 Å². The van der Waals surface area contributed by atoms with Gasteiger partial charge in [-0.1, -0.05) is 59.6 Å². The molecule has 0 saturated carbocycles. The van der Waals surface area contributed by atoms with Crippen LogP contribution in [0, 0.1) is 6.92 Å². The van der Waals surface area contributed by atoms with Crippen LogP contribution in [0.15, 0.2) is 71.7 Å². The van der Waals surface area contributed by atoms with Crippen LogP contribution >= 0.6 is 23.2 Å². The molecule has 0 saturated heterocycles. The second-order valence-corrected chi connectivity index (χ2v) is 7.62. The van der Waals surface area contributed by atoms with E-state index >= 15 is 0 Å². The molecule has 29 heavy (non-hydrogen) atoms. The van der Waals surface area contributed by atoms with Gasteiger partial charge in [0, 0.05) is 16.3 Å². The number of carbonyl (C=O) groups excluding carboxylic acids is 1. The fraction of sp³-hybridized carbons (Fsp3) is 0.130. The third-order valence-corrected chi connectivity index (χ3v) is 5.16. The molecule has 3 aromatic carbocycles. The smallest absolute Gasteiger partial charge is 0.285 e. The maximum Gasteiger partial charge on any atom is 0.285 e. The van der Waals surface area contributed by atoms with E-state index in [1.807, 2.05) is 48.2 Å². The standard InChI is InChI=1S/C23H18Cl2N2O2/c1-15-5-4-7-18(11-15)27-13-16-6-2-3-8-19(16)23(27)26-22(28)14-29-21-10-9-17(24)12-20(21)25/h2-12H,13-14H2,1H3. The number of halogens is 2. The third-order valence-electron chi connectivity index (χ3n) is 4.63. The number of aryl methyl sites for hydroxylation is 1. The van der Waals surface area contributed by atoms with Gasteiger partial charge in [0.2, 0.25) is 0 Å². The van der Waals surface area contributed by atoms with Crippen LogP contribution in [-0.4, -0.2) is 18.3 Å². The van der Waals surface area contributed by atoms with Crippen molar-refractivity contribution in [3.05, 3.63) is 93.5 Å². The van der Waals surface area contributed by atoms with Gasteiger partial charge in [0.1, 0.15) is 11.6 Å². The number of nitrogens with zero attached hydrogens (tertiary/aromatic N) is 2. The molecular weight excluding hydrogens is 407 g/mol. The van der Waals surface area contributed by atoms with Crippen molar-refractivity contribution in [2.45, 2.75) is 13.5 Å². The molecule has 0 unspecified atom stereocenters. The summed E-state index contributed by atoms with van der Waals surface area (Å²) in [5.74, 6) is 0.634. The summed E-state index contributed by atoms with van der Waals surface area (Å²) in [6.07, 6.45) is 0. The molecule has 0 aromatic heterocycles. The molecular formula is C23H18Cl2N2O2. The molecule has 3 aromatic rings. The number of amidine groups is 1. The minimum Gasteiger partial charge on any atom is -0.482 e. The Kier molecular flexibility index (Phi) is 5.56. The first-order chi connectivity index (χ1) is 14.0. The van der Waals surface area contributed by atoms with E-state index < -0.39 is 0 Å². The Hall–Kier alpha value is -2.82. The summed E-state index contributed by atoms with van der Waals surface area (Å²) in [6.45, 7) is 2.49. The lowest BCUT2D eigenvalue weighted by molar-refractivity contribution is -0.119. The van der Waals surface area contributed by atoms with Crippen molar-refractivity contribution in [1.29, 1.82) is 0 Å². The van der Waals surface area contributed by atoms with Gasteiger partial charge in [0.15, 0.2) is 6.61 Å². The maximum atomic E-state index is 12.6. The molecule has 4 nitrogen and oxygen atoms in total. The summed E-state index contributed by atoms with van der Waals surface area (Å²) >= 11 is 12.0. The molecule has 6 heteroatoms. The highest BCUT2D eigenvalue weighted by Gasteiger charge is 2.27. The van der Waals surface area contributed by atoms with Crippen molar-refractivity contribution < 1.29 is 9.53 Å². The van der Waals surface area contributed by atoms with Gasteiger partial charge >= 0.3 is 0 Å². The lowest BCUT2D eigenvalue weighted by Crippen LogP contribution is -2.26. The predicted molar refractivity (Wildman–Crippen MR) is 117 cm³/mol. The zero-order valence-corrected chi connectivity index (χ0v) is 17.2. The third kappa shape index (κ3) is 4.29. The summed E-state index contributed by atoms with van der Waals surface area (Å²) in [4.78, 5) is 19.0. The number of aliphatic imine (C=N–C) groups is 1. The summed E-state index contributed by atoms with van der Waals surface area (Å²) in [6, 6.07) is 21.0. The molecule has 0 spiro atoms. The molecule has 1 heterocycles. The van der Waals surface area contributed by atoms with E-state index in [4.69, 9.17) is 27.9 Å². The van der Waals surface area contributed by atoms with Crippen LogP contribution < -0.4 is 9.64 Å². The van der Waals surface area contributed by atoms with Crippen molar-refractivity contribution in [3.8, 4) is 5.75 Å². The van der Waals surface area contributed by atoms with Crippen LogP contribution in [0.1, 0.15) is 16.7 Å². The highest BCUT2D eigenvalue weighted by atomic mass is 35.5. The van der Waals surface area contributed by atoms with Crippen molar-refractivity contribution in [2.75, 3.05) is 11.5 Å². The van der Waals surface area contributed by atoms with E-state index in [1.165, 1.54) is 0 Å². The highest BCUT2D eigenvalue weighted by Crippen LogP contribution is 2.30. The van der Waals surface area contributed by atoms with Crippen LogP contribution in [0.4, 0.5) is 5.69 Å². The first-order valence-corrected chi connectivity index (χ1v) is 9.89. The fourth-order valence-corrected chi connectivity index (χ4v) is 3.74. The van der Waals surface area contributed by atoms with Crippen molar-refractivity contribution >= 4 is 40.6 Å². The monoisotopic (exact) mass is 424 g/mol. The Bertz CT molecular complexity index is 1110. The summed E-state index contributed by atoms with van der Waals surface area (Å²) < 4.78 is 5.55. The molecule has 146 valence electrons. The second kappa shape index (κ2) is 8.27. The Morgan fingerprint density at radius 1 is 1.07 bits per heavy atom. The number of carbonyl (C=O) groups is 1. The van der Waals surface area contributed by atoms with E-state index in [-0.39, 0.29) is 12.5 Å². The van der Waals surface area contributed by atoms with Crippen LogP contribution in [0.3, 0.4) is 0 Å². The lowest BCUT2D eigenvalue weighted by atomic mass is 10.1. The summed E-state index contributed by atoms with van der Waals surface area (Å²) in [5.41, 5.74) is 4.22. The van der Waals surface area contributed by atoms with E-state index in [2.05, 4.69) is 17.1 Å². The Morgan fingerprint density at radius 2 is 1.90 bits per heavy atom. The van der Waals surface area contributed by atoms with Crippen molar-refractivity contribution in [1.82, 2.24) is 0 Å². The first kappa shape index (κ1) is 19.5. The highest BCUT2D eigenvalue weighted by molar-refractivity contribution is 6.35. The second-order valence-electron chi connectivity index (χ2n) is 6.77. The summed E-state index contributed by atoms with van der Waals surface area (Å²) in [5, 5.41) is 0.857. The van der Waals surface area contributed by atoms with Crippen LogP contribution in [-0.2, 0) is 11.3 Å². The minimum atomic E-state index is -0.389. The molecule has 0 fully saturated rings. The number of rotatable bonds is 4. The number of anilines is 1. The molecule has 1 aliphatic rings. The SMILES string of the molecule is Cc1cccc(N2Cc3ccccc3C2=NC(=O)COc2ccc(Cl)cc2Cl)c1. The van der Waals surface area contributed by atoms with Gasteiger partial charge in [0.25, 0.3) is 5.91 Å². The zero-order chi connectivity index (χ0) is 20.4. The van der Waals surface area contributed by atoms with Gasteiger partial charge in [-0.3, -0.25) is 4.79 Å². The maximum absolute atomic E-state index is 12.6. The molecule has 0 atom stereocenters. The van der Waals surface area contributed by atoms with E-state index in [0.29, 0.717) is 28.2 Å². The minimum absolute atomic E-state index is 0.214. The number of benzene rings is 3. The van der Waals surface area contributed by atoms with Gasteiger partial charge in [-0.15, -0.1) is 0 Å². The van der Waals surface area contributed by atoms with Gasteiger partial charge < -0.3 is 9.64 Å². The van der Waals surface area contributed by atoms with Crippen LogP contribution in [0.25, 0.3) is 0 Å². The molecule has 0 aliphatic carbocycles. The Balaban J connectivity index is 1.60. The quantitative estimate of drug-likeness (QED) is 0.541. The topological polar surface area (TPSA) is 41.9 Å². The van der Waals surface area contributed by atoms with Gasteiger partial charge in [0.05, 0.1) is 11.6 Å². The predicted octanol–water partition coefficient (Wildman–Crippen LogP) is 5.67. The normalized spacial score (nSPS) is 14.2. The van der Waals surface area contributed by atoms with Crippen LogP contribution in [0.5, 0.6) is 5.75 Å². The molecule has 0 radical (unpaired) electrons. The molecule has 0 bridgehead atoms. The number of ether oxygens (including phenoxy) is 1. The average Bonchev–Trinajstić information content (AvgIpc) is 3.06. The largest absolute Gasteiger partial charge is 0.482 e. The van der Waals surface area contributed by atoms with Gasteiger partial charge in [-0.2, -0.15) is 4.99 Å².